The van der Waals surface area contributed by atoms with Crippen LogP contribution in [0, 0.1) is 5.82 Å². The molecule has 0 aliphatic carbocycles. The van der Waals surface area contributed by atoms with Gasteiger partial charge in [-0.3, -0.25) is 4.90 Å². The maximum absolute atomic E-state index is 13.6. The fourth-order valence-corrected chi connectivity index (χ4v) is 2.59. The first-order valence-corrected chi connectivity index (χ1v) is 6.83. The van der Waals surface area contributed by atoms with E-state index in [0.717, 1.165) is 5.56 Å². The van der Waals surface area contributed by atoms with Crippen LogP contribution in [0.4, 0.5) is 4.39 Å². The summed E-state index contributed by atoms with van der Waals surface area (Å²) in [6, 6.07) is 4.94. The molecule has 0 atom stereocenters. The van der Waals surface area contributed by atoms with Crippen molar-refractivity contribution in [3.63, 3.8) is 0 Å². The van der Waals surface area contributed by atoms with Crippen LogP contribution in [-0.2, 0) is 11.3 Å². The number of ether oxygens (including phenoxy) is 2. The SMILES string of the molecule is COc1ccc(CN(C)CC2(O)CCOCC2)cc1F. The Kier molecular flexibility index (Phi) is 4.96. The lowest BCUT2D eigenvalue weighted by molar-refractivity contribution is -0.0777. The molecule has 1 heterocycles. The lowest BCUT2D eigenvalue weighted by Crippen LogP contribution is -2.45. The van der Waals surface area contributed by atoms with Crippen LogP contribution in [0.25, 0.3) is 0 Å². The Hall–Kier alpha value is -1.17. The van der Waals surface area contributed by atoms with Gasteiger partial charge in [0.05, 0.1) is 12.7 Å². The lowest BCUT2D eigenvalue weighted by atomic mass is 9.94. The number of benzene rings is 1. The standard InChI is InChI=1S/C15H22FNO3/c1-17(11-15(18)5-7-20-8-6-15)10-12-3-4-14(19-2)13(16)9-12/h3-4,9,18H,5-8,10-11H2,1-2H3. The number of hydrogen-bond acceptors (Lipinski definition) is 4. The van der Waals surface area contributed by atoms with E-state index in [9.17, 15) is 9.50 Å². The molecule has 4 nitrogen and oxygen atoms in total. The third kappa shape index (κ3) is 3.91. The highest BCUT2D eigenvalue weighted by atomic mass is 19.1. The molecule has 1 fully saturated rings. The Labute approximate surface area is 119 Å². The average molecular weight is 283 g/mol. The van der Waals surface area contributed by atoms with Crippen molar-refractivity contribution in [2.75, 3.05) is 33.9 Å². The molecule has 1 aromatic carbocycles. The van der Waals surface area contributed by atoms with Crippen LogP contribution in [0.15, 0.2) is 18.2 Å². The molecule has 2 rings (SSSR count). The normalized spacial score (nSPS) is 18.2. The molecule has 0 saturated carbocycles. The predicted octanol–water partition coefficient (Wildman–Crippen LogP) is 1.81. The minimum atomic E-state index is -0.696. The van der Waals surface area contributed by atoms with Crippen molar-refractivity contribution in [3.8, 4) is 5.75 Å². The van der Waals surface area contributed by atoms with Gasteiger partial charge in [-0.05, 0) is 24.7 Å². The molecule has 0 radical (unpaired) electrons. The molecule has 0 aromatic heterocycles. The van der Waals surface area contributed by atoms with Crippen molar-refractivity contribution in [1.82, 2.24) is 4.90 Å². The topological polar surface area (TPSA) is 41.9 Å². The van der Waals surface area contributed by atoms with Crippen LogP contribution in [-0.4, -0.2) is 49.5 Å². The lowest BCUT2D eigenvalue weighted by Gasteiger charge is -2.35. The highest BCUT2D eigenvalue weighted by Crippen LogP contribution is 2.23. The van der Waals surface area contributed by atoms with E-state index in [-0.39, 0.29) is 11.6 Å². The molecule has 0 unspecified atom stereocenters. The van der Waals surface area contributed by atoms with E-state index >= 15 is 0 Å². The van der Waals surface area contributed by atoms with Crippen LogP contribution in [0.1, 0.15) is 18.4 Å². The third-order valence-electron chi connectivity index (χ3n) is 3.66. The second-order valence-electron chi connectivity index (χ2n) is 5.48. The van der Waals surface area contributed by atoms with E-state index in [1.54, 1.807) is 6.07 Å². The van der Waals surface area contributed by atoms with Gasteiger partial charge in [0.25, 0.3) is 0 Å². The van der Waals surface area contributed by atoms with Crippen molar-refractivity contribution in [2.24, 2.45) is 0 Å². The zero-order chi connectivity index (χ0) is 14.6. The average Bonchev–Trinajstić information content (AvgIpc) is 2.39. The van der Waals surface area contributed by atoms with Crippen molar-refractivity contribution in [2.45, 2.75) is 25.0 Å². The van der Waals surface area contributed by atoms with Crippen LogP contribution < -0.4 is 4.74 Å². The van der Waals surface area contributed by atoms with Crippen LogP contribution in [0.2, 0.25) is 0 Å². The van der Waals surface area contributed by atoms with Crippen molar-refractivity contribution < 1.29 is 19.0 Å². The number of likely N-dealkylation sites (N-methyl/N-ethyl adjacent to an activating group) is 1. The first kappa shape index (κ1) is 15.2. The van der Waals surface area contributed by atoms with Gasteiger partial charge in [0.2, 0.25) is 0 Å². The molecule has 1 saturated heterocycles. The first-order valence-electron chi connectivity index (χ1n) is 6.83. The molecular weight excluding hydrogens is 261 g/mol. The highest BCUT2D eigenvalue weighted by molar-refractivity contribution is 5.29. The molecule has 5 heteroatoms. The largest absolute Gasteiger partial charge is 0.494 e. The number of rotatable bonds is 5. The van der Waals surface area contributed by atoms with Gasteiger partial charge in [0.1, 0.15) is 0 Å². The predicted molar refractivity (Wildman–Crippen MR) is 74.3 cm³/mol. The second-order valence-corrected chi connectivity index (χ2v) is 5.48. The zero-order valence-electron chi connectivity index (χ0n) is 12.1. The minimum Gasteiger partial charge on any atom is -0.494 e. The zero-order valence-corrected chi connectivity index (χ0v) is 12.1. The van der Waals surface area contributed by atoms with Gasteiger partial charge in [-0.15, -0.1) is 0 Å². The number of nitrogens with zero attached hydrogens (tertiary/aromatic N) is 1. The van der Waals surface area contributed by atoms with E-state index in [1.807, 2.05) is 18.0 Å². The maximum Gasteiger partial charge on any atom is 0.165 e. The van der Waals surface area contributed by atoms with Crippen molar-refractivity contribution in [1.29, 1.82) is 0 Å². The van der Waals surface area contributed by atoms with Crippen LogP contribution in [0.5, 0.6) is 5.75 Å². The van der Waals surface area contributed by atoms with Gasteiger partial charge in [-0.2, -0.15) is 0 Å². The Bertz CT molecular complexity index is 447. The van der Waals surface area contributed by atoms with Crippen LogP contribution in [0.3, 0.4) is 0 Å². The molecule has 0 spiro atoms. The number of methoxy groups -OCH3 is 1. The van der Waals surface area contributed by atoms with Gasteiger partial charge in [0, 0.05) is 39.1 Å². The molecule has 1 aliphatic rings. The van der Waals surface area contributed by atoms with E-state index in [1.165, 1.54) is 13.2 Å². The van der Waals surface area contributed by atoms with Gasteiger partial charge in [0.15, 0.2) is 11.6 Å². The fourth-order valence-electron chi connectivity index (χ4n) is 2.59. The second kappa shape index (κ2) is 6.52. The summed E-state index contributed by atoms with van der Waals surface area (Å²) in [5.74, 6) is -0.109. The molecular formula is C15H22FNO3. The van der Waals surface area contributed by atoms with Crippen LogP contribution >= 0.6 is 0 Å². The maximum atomic E-state index is 13.6. The summed E-state index contributed by atoms with van der Waals surface area (Å²) in [6.45, 7) is 2.34. The molecule has 0 bridgehead atoms. The van der Waals surface area contributed by atoms with Crippen molar-refractivity contribution >= 4 is 0 Å². The molecule has 1 N–H and O–H groups in total. The van der Waals surface area contributed by atoms with Gasteiger partial charge < -0.3 is 14.6 Å². The molecule has 112 valence electrons. The summed E-state index contributed by atoms with van der Waals surface area (Å²) in [5.41, 5.74) is 0.166. The molecule has 1 aromatic rings. The quantitative estimate of drug-likeness (QED) is 0.895. The molecule has 1 aliphatic heterocycles. The Morgan fingerprint density at radius 1 is 1.40 bits per heavy atom. The summed E-state index contributed by atoms with van der Waals surface area (Å²) in [4.78, 5) is 2.01. The smallest absolute Gasteiger partial charge is 0.165 e. The summed E-state index contributed by atoms with van der Waals surface area (Å²) in [5, 5.41) is 10.4. The van der Waals surface area contributed by atoms with Gasteiger partial charge in [-0.1, -0.05) is 6.07 Å². The Morgan fingerprint density at radius 3 is 2.70 bits per heavy atom. The number of hydrogen-bond donors (Lipinski definition) is 1. The Morgan fingerprint density at radius 2 is 2.10 bits per heavy atom. The summed E-state index contributed by atoms with van der Waals surface area (Å²) >= 11 is 0. The van der Waals surface area contributed by atoms with Gasteiger partial charge in [-0.25, -0.2) is 4.39 Å². The third-order valence-corrected chi connectivity index (χ3v) is 3.66. The summed E-state index contributed by atoms with van der Waals surface area (Å²) in [6.07, 6.45) is 1.29. The Balaban J connectivity index is 1.93. The van der Waals surface area contributed by atoms with Crippen molar-refractivity contribution in [3.05, 3.63) is 29.6 Å². The van der Waals surface area contributed by atoms with E-state index in [2.05, 4.69) is 0 Å². The van der Waals surface area contributed by atoms with E-state index in [4.69, 9.17) is 9.47 Å². The molecule has 20 heavy (non-hydrogen) atoms. The summed E-state index contributed by atoms with van der Waals surface area (Å²) in [7, 11) is 3.38. The number of halogens is 1. The fraction of sp³-hybridized carbons (Fsp3) is 0.600. The summed E-state index contributed by atoms with van der Waals surface area (Å²) < 4.78 is 23.8. The van der Waals surface area contributed by atoms with E-state index < -0.39 is 5.60 Å². The first-order chi connectivity index (χ1) is 9.52. The molecule has 0 amide bonds. The number of aliphatic hydroxyl groups is 1. The van der Waals surface area contributed by atoms with E-state index in [0.29, 0.717) is 39.1 Å². The highest BCUT2D eigenvalue weighted by Gasteiger charge is 2.30. The monoisotopic (exact) mass is 283 g/mol. The van der Waals surface area contributed by atoms with Gasteiger partial charge >= 0.3 is 0 Å². The minimum absolute atomic E-state index is 0.250.